The second kappa shape index (κ2) is 10.5. The van der Waals surface area contributed by atoms with Gasteiger partial charge >= 0.3 is 6.61 Å². The highest BCUT2D eigenvalue weighted by atomic mass is 32.2. The fourth-order valence-electron chi connectivity index (χ4n) is 3.94. The molecule has 2 aromatic heterocycles. The second-order valence-electron chi connectivity index (χ2n) is 8.15. The Kier molecular flexibility index (Phi) is 7.39. The average Bonchev–Trinajstić information content (AvgIpc) is 3.33. The molecule has 0 saturated carbocycles. The van der Waals surface area contributed by atoms with Gasteiger partial charge < -0.3 is 15.1 Å². The number of hydrogen-bond donors (Lipinski definition) is 1. The minimum Gasteiger partial charge on any atom is -0.435 e. The molecule has 0 spiro atoms. The molecule has 0 aliphatic heterocycles. The van der Waals surface area contributed by atoms with E-state index in [1.54, 1.807) is 43.3 Å². The quantitative estimate of drug-likeness (QED) is 0.190. The van der Waals surface area contributed by atoms with E-state index in [0.717, 1.165) is 17.5 Å². The van der Waals surface area contributed by atoms with Crippen molar-refractivity contribution in [2.75, 3.05) is 5.84 Å². The maximum Gasteiger partial charge on any atom is 0.387 e. The molecule has 0 radical (unpaired) electrons. The average molecular weight is 516 g/mol. The normalized spacial score (nSPS) is 12.2. The van der Waals surface area contributed by atoms with E-state index < -0.39 is 11.9 Å². The summed E-state index contributed by atoms with van der Waals surface area (Å²) in [4.78, 5) is 13.3. The Labute approximate surface area is 210 Å². The van der Waals surface area contributed by atoms with E-state index in [1.165, 1.54) is 22.9 Å². The molecule has 0 aliphatic rings. The number of thioether (sulfide) groups is 1. The van der Waals surface area contributed by atoms with Crippen LogP contribution in [0.5, 0.6) is 5.75 Å². The lowest BCUT2D eigenvalue weighted by Crippen LogP contribution is -2.19. The molecular weight excluding hydrogens is 491 g/mol. The fraction of sp³-hybridized carbons (Fsp3) is 0.240. The monoisotopic (exact) mass is 515 g/mol. The standard InChI is InChI=1S/C25H24F3N5O2S/c1-14-12-20(15(2)32(14)18-8-10-19(11-9-18)35-24(27)28)23(34)16(3)36-25-31-30-22(33(25)29)13-17-6-4-5-7-21(17)26/h4-12,16,24H,13,29H2,1-3H3/t16-/m1/s1. The van der Waals surface area contributed by atoms with E-state index in [1.807, 2.05) is 18.4 Å². The molecule has 0 amide bonds. The van der Waals surface area contributed by atoms with E-state index in [2.05, 4.69) is 14.9 Å². The first-order valence-electron chi connectivity index (χ1n) is 11.0. The third-order valence-electron chi connectivity index (χ3n) is 5.71. The molecule has 188 valence electrons. The minimum absolute atomic E-state index is 0.0535. The highest BCUT2D eigenvalue weighted by Gasteiger charge is 2.25. The van der Waals surface area contributed by atoms with Gasteiger partial charge in [-0.05, 0) is 62.7 Å². The van der Waals surface area contributed by atoms with Crippen LogP contribution in [-0.4, -0.2) is 37.1 Å². The molecular formula is C25H24F3N5O2S. The van der Waals surface area contributed by atoms with Crippen molar-refractivity contribution in [2.24, 2.45) is 0 Å². The molecule has 0 aliphatic carbocycles. The molecule has 2 N–H and O–H groups in total. The third kappa shape index (κ3) is 5.25. The maximum atomic E-state index is 14.0. The van der Waals surface area contributed by atoms with Crippen LogP contribution in [0.1, 0.15) is 40.1 Å². The molecule has 0 unspecified atom stereocenters. The van der Waals surface area contributed by atoms with Crippen molar-refractivity contribution in [1.82, 2.24) is 19.4 Å². The zero-order chi connectivity index (χ0) is 26.0. The van der Waals surface area contributed by atoms with Crippen LogP contribution in [-0.2, 0) is 6.42 Å². The molecule has 4 rings (SSSR count). The van der Waals surface area contributed by atoms with Crippen LogP contribution in [0.4, 0.5) is 13.2 Å². The van der Waals surface area contributed by atoms with Crippen LogP contribution in [0.15, 0.2) is 59.8 Å². The second-order valence-corrected chi connectivity index (χ2v) is 9.46. The Morgan fingerprint density at radius 1 is 1.11 bits per heavy atom. The number of halogens is 3. The number of ether oxygens (including phenoxy) is 1. The summed E-state index contributed by atoms with van der Waals surface area (Å²) in [7, 11) is 0. The summed E-state index contributed by atoms with van der Waals surface area (Å²) in [6, 6.07) is 14.3. The lowest BCUT2D eigenvalue weighted by Gasteiger charge is -2.13. The zero-order valence-corrected chi connectivity index (χ0v) is 20.6. The van der Waals surface area contributed by atoms with Gasteiger partial charge in [-0.1, -0.05) is 30.0 Å². The van der Waals surface area contributed by atoms with E-state index in [-0.39, 0.29) is 23.8 Å². The highest BCUT2D eigenvalue weighted by Crippen LogP contribution is 2.29. The first-order valence-corrected chi connectivity index (χ1v) is 11.9. The lowest BCUT2D eigenvalue weighted by molar-refractivity contribution is -0.0498. The fourth-order valence-corrected chi connectivity index (χ4v) is 4.79. The van der Waals surface area contributed by atoms with Gasteiger partial charge in [-0.3, -0.25) is 4.79 Å². The Bertz CT molecular complexity index is 1390. The van der Waals surface area contributed by atoms with Crippen LogP contribution >= 0.6 is 11.8 Å². The molecule has 11 heteroatoms. The number of ketones is 1. The molecule has 7 nitrogen and oxygen atoms in total. The number of carbonyl (C=O) groups is 1. The van der Waals surface area contributed by atoms with E-state index in [0.29, 0.717) is 33.5 Å². The summed E-state index contributed by atoms with van der Waals surface area (Å²) in [6.07, 6.45) is 0.168. The van der Waals surface area contributed by atoms with Gasteiger partial charge in [0.2, 0.25) is 5.16 Å². The smallest absolute Gasteiger partial charge is 0.387 e. The lowest BCUT2D eigenvalue weighted by atomic mass is 10.1. The van der Waals surface area contributed by atoms with E-state index in [9.17, 15) is 18.0 Å². The first-order chi connectivity index (χ1) is 17.2. The maximum absolute atomic E-state index is 14.0. The van der Waals surface area contributed by atoms with Gasteiger partial charge in [0.15, 0.2) is 11.6 Å². The van der Waals surface area contributed by atoms with E-state index >= 15 is 0 Å². The topological polar surface area (TPSA) is 88.0 Å². The Morgan fingerprint density at radius 2 is 1.81 bits per heavy atom. The number of nitrogen functional groups attached to an aromatic ring is 1. The van der Waals surface area contributed by atoms with Crippen molar-refractivity contribution < 1.29 is 22.7 Å². The van der Waals surface area contributed by atoms with Crippen LogP contribution in [0.25, 0.3) is 5.69 Å². The molecule has 0 fully saturated rings. The van der Waals surface area contributed by atoms with Crippen LogP contribution in [0, 0.1) is 19.7 Å². The Hall–Kier alpha value is -3.73. The molecule has 2 aromatic carbocycles. The molecule has 0 bridgehead atoms. The van der Waals surface area contributed by atoms with Gasteiger partial charge in [0.05, 0.1) is 5.25 Å². The van der Waals surface area contributed by atoms with Crippen molar-refractivity contribution in [3.8, 4) is 11.4 Å². The summed E-state index contributed by atoms with van der Waals surface area (Å²) in [5.41, 5.74) is 3.20. The number of aromatic nitrogens is 4. The number of Topliss-reactive ketones (excluding diaryl/α,β-unsaturated/α-hetero) is 1. The number of benzene rings is 2. The van der Waals surface area contributed by atoms with Gasteiger partial charge in [0, 0.05) is 29.1 Å². The Morgan fingerprint density at radius 3 is 2.47 bits per heavy atom. The first kappa shape index (κ1) is 25.4. The van der Waals surface area contributed by atoms with Crippen molar-refractivity contribution in [3.05, 3.63) is 88.8 Å². The number of alkyl halides is 2. The highest BCUT2D eigenvalue weighted by molar-refractivity contribution is 8.00. The minimum atomic E-state index is -2.90. The van der Waals surface area contributed by atoms with Gasteiger partial charge in [-0.15, -0.1) is 10.2 Å². The Balaban J connectivity index is 1.51. The van der Waals surface area contributed by atoms with E-state index in [4.69, 9.17) is 5.84 Å². The van der Waals surface area contributed by atoms with Crippen LogP contribution < -0.4 is 10.6 Å². The number of nitrogens with two attached hydrogens (primary N) is 1. The summed E-state index contributed by atoms with van der Waals surface area (Å²) < 4.78 is 46.4. The molecule has 36 heavy (non-hydrogen) atoms. The molecule has 0 saturated heterocycles. The third-order valence-corrected chi connectivity index (χ3v) is 6.77. The van der Waals surface area contributed by atoms with Crippen molar-refractivity contribution >= 4 is 17.5 Å². The summed E-state index contributed by atoms with van der Waals surface area (Å²) in [5.74, 6) is 6.08. The van der Waals surface area contributed by atoms with Gasteiger partial charge in [0.1, 0.15) is 11.6 Å². The van der Waals surface area contributed by atoms with Crippen molar-refractivity contribution in [3.63, 3.8) is 0 Å². The summed E-state index contributed by atoms with van der Waals surface area (Å²) in [6.45, 7) is 2.53. The summed E-state index contributed by atoms with van der Waals surface area (Å²) >= 11 is 1.16. The molecule has 2 heterocycles. The number of carbonyl (C=O) groups excluding carboxylic acids is 1. The van der Waals surface area contributed by atoms with Gasteiger partial charge in [-0.25, -0.2) is 9.07 Å². The van der Waals surface area contributed by atoms with Crippen molar-refractivity contribution in [1.29, 1.82) is 0 Å². The predicted octanol–water partition coefficient (Wildman–Crippen LogP) is 5.09. The zero-order valence-electron chi connectivity index (χ0n) is 19.8. The van der Waals surface area contributed by atoms with Crippen LogP contribution in [0.3, 0.4) is 0 Å². The molecule has 4 aromatic rings. The predicted molar refractivity (Wildman–Crippen MR) is 131 cm³/mol. The van der Waals surface area contributed by atoms with Crippen molar-refractivity contribution in [2.45, 2.75) is 44.2 Å². The van der Waals surface area contributed by atoms with Gasteiger partial charge in [-0.2, -0.15) is 8.78 Å². The van der Waals surface area contributed by atoms with Gasteiger partial charge in [0.25, 0.3) is 0 Å². The van der Waals surface area contributed by atoms with Crippen LogP contribution in [0.2, 0.25) is 0 Å². The number of aryl methyl sites for hydroxylation is 1. The number of nitrogens with zero attached hydrogens (tertiary/aromatic N) is 4. The summed E-state index contributed by atoms with van der Waals surface area (Å²) in [5, 5.41) is 7.96. The SMILES string of the molecule is Cc1cc(C(=O)[C@@H](C)Sc2nnc(Cc3ccccc3F)n2N)c(C)n1-c1ccc(OC(F)F)cc1. The largest absolute Gasteiger partial charge is 0.435 e. The number of rotatable bonds is 9. The number of hydrogen-bond acceptors (Lipinski definition) is 6. The molecule has 1 atom stereocenters.